The van der Waals surface area contributed by atoms with Crippen molar-refractivity contribution >= 4 is 23.5 Å². The van der Waals surface area contributed by atoms with E-state index in [0.29, 0.717) is 12.3 Å². The van der Waals surface area contributed by atoms with Crippen molar-refractivity contribution in [3.8, 4) is 16.3 Å². The predicted octanol–water partition coefficient (Wildman–Crippen LogP) is 5.46. The molecular formula is C25H21N3O2S. The normalized spacial score (nSPS) is 10.9. The van der Waals surface area contributed by atoms with Crippen molar-refractivity contribution in [2.75, 3.05) is 0 Å². The molecule has 0 fully saturated rings. The molecule has 0 saturated heterocycles. The zero-order chi connectivity index (χ0) is 21.5. The van der Waals surface area contributed by atoms with E-state index in [1.807, 2.05) is 91.9 Å². The van der Waals surface area contributed by atoms with E-state index in [4.69, 9.17) is 4.74 Å². The van der Waals surface area contributed by atoms with Crippen LogP contribution in [0.5, 0.6) is 5.75 Å². The molecule has 0 aliphatic rings. The molecule has 154 valence electrons. The van der Waals surface area contributed by atoms with Crippen LogP contribution < -0.4 is 10.2 Å². The smallest absolute Gasteiger partial charge is 0.291 e. The molecule has 5 nitrogen and oxygen atoms in total. The Balaban J connectivity index is 1.33. The quantitative estimate of drug-likeness (QED) is 0.315. The maximum atomic E-state index is 12.5. The Bertz CT molecular complexity index is 1170. The summed E-state index contributed by atoms with van der Waals surface area (Å²) in [6.07, 6.45) is 1.60. The molecule has 0 aliphatic heterocycles. The second-order valence-electron chi connectivity index (χ2n) is 6.83. The molecule has 1 aromatic heterocycles. The average Bonchev–Trinajstić information content (AvgIpc) is 3.21. The third-order valence-electron chi connectivity index (χ3n) is 4.54. The van der Waals surface area contributed by atoms with Gasteiger partial charge in [-0.25, -0.2) is 10.4 Å². The minimum atomic E-state index is -0.324. The number of nitrogens with zero attached hydrogens (tertiary/aromatic N) is 2. The van der Waals surface area contributed by atoms with Crippen LogP contribution in [0, 0.1) is 6.92 Å². The largest absolute Gasteiger partial charge is 0.489 e. The van der Waals surface area contributed by atoms with Gasteiger partial charge in [0, 0.05) is 10.4 Å². The highest BCUT2D eigenvalue weighted by Crippen LogP contribution is 2.27. The van der Waals surface area contributed by atoms with E-state index in [9.17, 15) is 4.79 Å². The summed E-state index contributed by atoms with van der Waals surface area (Å²) >= 11 is 1.49. The molecule has 0 spiro atoms. The van der Waals surface area contributed by atoms with Gasteiger partial charge in [0.2, 0.25) is 0 Å². The van der Waals surface area contributed by atoms with Gasteiger partial charge in [0.15, 0.2) is 0 Å². The fraction of sp³-hybridized carbons (Fsp3) is 0.0800. The molecule has 0 saturated carbocycles. The van der Waals surface area contributed by atoms with Crippen LogP contribution in [-0.4, -0.2) is 17.1 Å². The topological polar surface area (TPSA) is 63.6 Å². The number of hydrogen-bond donors (Lipinski definition) is 1. The van der Waals surface area contributed by atoms with Crippen molar-refractivity contribution in [1.29, 1.82) is 0 Å². The number of thiazole rings is 1. The first-order chi connectivity index (χ1) is 15.2. The zero-order valence-electron chi connectivity index (χ0n) is 17.0. The first kappa shape index (κ1) is 20.5. The number of amides is 1. The van der Waals surface area contributed by atoms with Gasteiger partial charge in [0.1, 0.15) is 23.1 Å². The zero-order valence-corrected chi connectivity index (χ0v) is 17.8. The van der Waals surface area contributed by atoms with E-state index < -0.39 is 0 Å². The van der Waals surface area contributed by atoms with E-state index in [-0.39, 0.29) is 5.91 Å². The number of hydrazone groups is 1. The van der Waals surface area contributed by atoms with Gasteiger partial charge in [-0.15, -0.1) is 11.3 Å². The SMILES string of the molecule is Cc1sc(-c2ccccc2)nc1C(=O)N/N=C\c1ccc(OCc2ccccc2)cc1. The first-order valence-corrected chi connectivity index (χ1v) is 10.6. The molecule has 31 heavy (non-hydrogen) atoms. The Hall–Kier alpha value is -3.77. The fourth-order valence-electron chi connectivity index (χ4n) is 2.92. The van der Waals surface area contributed by atoms with Gasteiger partial charge in [0.05, 0.1) is 6.21 Å². The lowest BCUT2D eigenvalue weighted by molar-refractivity contribution is 0.0950. The lowest BCUT2D eigenvalue weighted by atomic mass is 10.2. The lowest BCUT2D eigenvalue weighted by Crippen LogP contribution is -2.18. The molecule has 0 bridgehead atoms. The highest BCUT2D eigenvalue weighted by atomic mass is 32.1. The van der Waals surface area contributed by atoms with Crippen LogP contribution in [0.4, 0.5) is 0 Å². The third kappa shape index (κ3) is 5.43. The molecule has 4 rings (SSSR count). The number of aryl methyl sites for hydroxylation is 1. The van der Waals surface area contributed by atoms with Gasteiger partial charge in [-0.3, -0.25) is 4.79 Å². The summed E-state index contributed by atoms with van der Waals surface area (Å²) in [4.78, 5) is 17.8. The molecule has 6 heteroatoms. The Labute approximate surface area is 185 Å². The number of benzene rings is 3. The Morgan fingerprint density at radius 1 is 1.00 bits per heavy atom. The van der Waals surface area contributed by atoms with Crippen LogP contribution in [0.25, 0.3) is 10.6 Å². The van der Waals surface area contributed by atoms with Gasteiger partial charge in [-0.2, -0.15) is 5.10 Å². The summed E-state index contributed by atoms with van der Waals surface area (Å²) in [7, 11) is 0. The second kappa shape index (κ2) is 9.82. The minimum absolute atomic E-state index is 0.324. The standard InChI is InChI=1S/C25H21N3O2S/c1-18-23(27-25(31-18)21-10-6-3-7-11-21)24(29)28-26-16-19-12-14-22(15-13-19)30-17-20-8-4-2-5-9-20/h2-16H,17H2,1H3,(H,28,29)/b26-16-. The monoisotopic (exact) mass is 427 g/mol. The van der Waals surface area contributed by atoms with Crippen LogP contribution in [0.2, 0.25) is 0 Å². The maximum Gasteiger partial charge on any atom is 0.291 e. The van der Waals surface area contributed by atoms with Crippen LogP contribution in [0.3, 0.4) is 0 Å². The average molecular weight is 428 g/mol. The molecule has 4 aromatic rings. The fourth-order valence-corrected chi connectivity index (χ4v) is 3.84. The molecule has 0 aliphatic carbocycles. The number of carbonyl (C=O) groups is 1. The van der Waals surface area contributed by atoms with E-state index in [1.165, 1.54) is 11.3 Å². The Kier molecular flexibility index (Phi) is 6.50. The third-order valence-corrected chi connectivity index (χ3v) is 5.56. The number of rotatable bonds is 7. The van der Waals surface area contributed by atoms with Gasteiger partial charge < -0.3 is 4.74 Å². The molecule has 0 unspecified atom stereocenters. The van der Waals surface area contributed by atoms with Crippen molar-refractivity contribution in [3.05, 3.63) is 107 Å². The number of aromatic nitrogens is 1. The highest BCUT2D eigenvalue weighted by Gasteiger charge is 2.15. The minimum Gasteiger partial charge on any atom is -0.489 e. The van der Waals surface area contributed by atoms with Gasteiger partial charge in [-0.05, 0) is 42.3 Å². The summed E-state index contributed by atoms with van der Waals surface area (Å²) in [6.45, 7) is 2.40. The van der Waals surface area contributed by atoms with Crippen LogP contribution in [0.1, 0.15) is 26.5 Å². The van der Waals surface area contributed by atoms with Crippen LogP contribution in [0.15, 0.2) is 90.0 Å². The van der Waals surface area contributed by atoms with Crippen molar-refractivity contribution in [2.24, 2.45) is 5.10 Å². The molecule has 3 aromatic carbocycles. The summed E-state index contributed by atoms with van der Waals surface area (Å²) in [6, 6.07) is 27.3. The molecule has 1 heterocycles. The summed E-state index contributed by atoms with van der Waals surface area (Å²) in [5.74, 6) is 0.451. The van der Waals surface area contributed by atoms with Gasteiger partial charge >= 0.3 is 0 Å². The summed E-state index contributed by atoms with van der Waals surface area (Å²) in [5, 5.41) is 4.88. The number of ether oxygens (including phenoxy) is 1. The Morgan fingerprint density at radius 2 is 1.68 bits per heavy atom. The number of hydrogen-bond acceptors (Lipinski definition) is 5. The van der Waals surface area contributed by atoms with Gasteiger partial charge in [-0.1, -0.05) is 60.7 Å². The Morgan fingerprint density at radius 3 is 2.39 bits per heavy atom. The summed E-state index contributed by atoms with van der Waals surface area (Å²) < 4.78 is 5.78. The van der Waals surface area contributed by atoms with Crippen LogP contribution >= 0.6 is 11.3 Å². The molecule has 0 radical (unpaired) electrons. The van der Waals surface area contributed by atoms with Crippen molar-refractivity contribution < 1.29 is 9.53 Å². The molecule has 1 N–H and O–H groups in total. The second-order valence-corrected chi connectivity index (χ2v) is 8.04. The summed E-state index contributed by atoms with van der Waals surface area (Å²) in [5.41, 5.74) is 5.91. The van der Waals surface area contributed by atoms with E-state index in [0.717, 1.165) is 32.3 Å². The van der Waals surface area contributed by atoms with Crippen LogP contribution in [-0.2, 0) is 6.61 Å². The number of nitrogens with one attached hydrogen (secondary N) is 1. The van der Waals surface area contributed by atoms with Crippen molar-refractivity contribution in [3.63, 3.8) is 0 Å². The maximum absolute atomic E-state index is 12.5. The lowest BCUT2D eigenvalue weighted by Gasteiger charge is -2.06. The predicted molar refractivity (Wildman–Crippen MR) is 125 cm³/mol. The van der Waals surface area contributed by atoms with Crippen molar-refractivity contribution in [2.45, 2.75) is 13.5 Å². The molecule has 0 atom stereocenters. The molecule has 1 amide bonds. The highest BCUT2D eigenvalue weighted by molar-refractivity contribution is 7.15. The van der Waals surface area contributed by atoms with E-state index >= 15 is 0 Å². The first-order valence-electron chi connectivity index (χ1n) is 9.82. The van der Waals surface area contributed by atoms with E-state index in [2.05, 4.69) is 15.5 Å². The number of carbonyl (C=O) groups excluding carboxylic acids is 1. The molecular weight excluding hydrogens is 406 g/mol. The van der Waals surface area contributed by atoms with Gasteiger partial charge in [0.25, 0.3) is 5.91 Å². The van der Waals surface area contributed by atoms with Crippen molar-refractivity contribution in [1.82, 2.24) is 10.4 Å². The van der Waals surface area contributed by atoms with E-state index in [1.54, 1.807) is 6.21 Å².